The van der Waals surface area contributed by atoms with Crippen molar-refractivity contribution >= 4 is 5.91 Å². The molecule has 2 aliphatic rings. The molecule has 0 unspecified atom stereocenters. The molecule has 6 heteroatoms. The summed E-state index contributed by atoms with van der Waals surface area (Å²) in [7, 11) is 1.85. The number of hydrogen-bond acceptors (Lipinski definition) is 5. The summed E-state index contributed by atoms with van der Waals surface area (Å²) in [5, 5.41) is 10.3. The quantitative estimate of drug-likeness (QED) is 0.784. The van der Waals surface area contributed by atoms with Crippen LogP contribution in [0.2, 0.25) is 0 Å². The van der Waals surface area contributed by atoms with Crippen LogP contribution in [0.5, 0.6) is 5.75 Å². The molecule has 1 N–H and O–H groups in total. The van der Waals surface area contributed by atoms with Crippen LogP contribution >= 0.6 is 0 Å². The Balaban J connectivity index is 1.45. The molecule has 150 valence electrons. The van der Waals surface area contributed by atoms with Gasteiger partial charge in [-0.15, -0.1) is 0 Å². The number of amides is 1. The summed E-state index contributed by atoms with van der Waals surface area (Å²) in [6.45, 7) is 6.03. The van der Waals surface area contributed by atoms with E-state index in [-0.39, 0.29) is 5.91 Å². The molecule has 27 heavy (non-hydrogen) atoms. The van der Waals surface area contributed by atoms with Crippen LogP contribution < -0.4 is 4.74 Å². The topological polar surface area (TPSA) is 56.2 Å². The molecule has 0 spiro atoms. The second-order valence-corrected chi connectivity index (χ2v) is 7.85. The molecule has 0 saturated carbocycles. The van der Waals surface area contributed by atoms with E-state index in [1.54, 1.807) is 4.90 Å². The number of likely N-dealkylation sites (N-methyl/N-ethyl adjacent to an activating group) is 1. The van der Waals surface area contributed by atoms with E-state index in [1.165, 1.54) is 25.7 Å². The summed E-state index contributed by atoms with van der Waals surface area (Å²) in [6, 6.07) is 7.98. The average Bonchev–Trinajstić information content (AvgIpc) is 2.92. The van der Waals surface area contributed by atoms with Gasteiger partial charge >= 0.3 is 0 Å². The molecule has 1 atom stereocenters. The number of benzene rings is 1. The first-order valence-corrected chi connectivity index (χ1v) is 10.2. The Morgan fingerprint density at radius 1 is 1.07 bits per heavy atom. The lowest BCUT2D eigenvalue weighted by Crippen LogP contribution is -2.47. The van der Waals surface area contributed by atoms with Crippen molar-refractivity contribution in [3.05, 3.63) is 29.8 Å². The maximum absolute atomic E-state index is 11.9. The van der Waals surface area contributed by atoms with Gasteiger partial charge in [0.15, 0.2) is 0 Å². The van der Waals surface area contributed by atoms with Gasteiger partial charge in [-0.1, -0.05) is 25.0 Å². The molecule has 2 fully saturated rings. The van der Waals surface area contributed by atoms with Crippen molar-refractivity contribution in [2.24, 2.45) is 0 Å². The predicted molar refractivity (Wildman–Crippen MR) is 106 cm³/mol. The van der Waals surface area contributed by atoms with Crippen LogP contribution in [0.15, 0.2) is 24.3 Å². The van der Waals surface area contributed by atoms with Gasteiger partial charge < -0.3 is 19.6 Å². The molecule has 2 heterocycles. The van der Waals surface area contributed by atoms with Gasteiger partial charge in [0, 0.05) is 33.2 Å². The third kappa shape index (κ3) is 6.48. The first-order chi connectivity index (χ1) is 13.1. The fourth-order valence-electron chi connectivity index (χ4n) is 3.80. The number of nitrogens with zero attached hydrogens (tertiary/aromatic N) is 3. The lowest BCUT2D eigenvalue weighted by molar-refractivity contribution is -0.134. The number of likely N-dealkylation sites (tertiary alicyclic amines) is 1. The van der Waals surface area contributed by atoms with Crippen molar-refractivity contribution in [3.63, 3.8) is 0 Å². The number of ether oxygens (including phenoxy) is 1. The molecular formula is C21H33N3O3. The van der Waals surface area contributed by atoms with E-state index < -0.39 is 6.10 Å². The van der Waals surface area contributed by atoms with E-state index in [2.05, 4.69) is 15.9 Å². The standard InChI is InChI=1S/C21H33N3O3/c1-22-11-12-24(16-21(22)26)14-18-7-6-8-20(13-18)27-17-19(25)15-23-9-4-2-3-5-10-23/h6-8,13,19,25H,2-5,9-12,14-17H2,1H3/t19-/m0/s1. The second kappa shape index (κ2) is 10.1. The molecule has 0 aromatic heterocycles. The molecule has 1 amide bonds. The predicted octanol–water partition coefficient (Wildman–Crippen LogP) is 1.58. The zero-order valence-corrected chi connectivity index (χ0v) is 16.5. The zero-order chi connectivity index (χ0) is 19.1. The number of rotatable bonds is 7. The van der Waals surface area contributed by atoms with E-state index in [0.717, 1.165) is 44.0 Å². The van der Waals surface area contributed by atoms with Gasteiger partial charge in [-0.05, 0) is 43.6 Å². The van der Waals surface area contributed by atoms with Gasteiger partial charge in [0.25, 0.3) is 0 Å². The smallest absolute Gasteiger partial charge is 0.236 e. The summed E-state index contributed by atoms with van der Waals surface area (Å²) in [5.74, 6) is 0.952. The Bertz CT molecular complexity index is 602. The highest BCUT2D eigenvalue weighted by Crippen LogP contribution is 2.17. The minimum absolute atomic E-state index is 0.172. The minimum Gasteiger partial charge on any atom is -0.491 e. The van der Waals surface area contributed by atoms with E-state index in [1.807, 2.05) is 25.2 Å². The van der Waals surface area contributed by atoms with Crippen molar-refractivity contribution in [3.8, 4) is 5.75 Å². The summed E-state index contributed by atoms with van der Waals surface area (Å²) >= 11 is 0. The summed E-state index contributed by atoms with van der Waals surface area (Å²) in [5.41, 5.74) is 1.13. The number of carbonyl (C=O) groups excluding carboxylic acids is 1. The Kier molecular flexibility index (Phi) is 7.50. The normalized spacial score (nSPS) is 21.1. The Morgan fingerprint density at radius 2 is 1.85 bits per heavy atom. The maximum Gasteiger partial charge on any atom is 0.236 e. The number of aliphatic hydroxyl groups excluding tert-OH is 1. The lowest BCUT2D eigenvalue weighted by Gasteiger charge is -2.31. The molecule has 0 bridgehead atoms. The first-order valence-electron chi connectivity index (χ1n) is 10.2. The number of aliphatic hydroxyl groups is 1. The fourth-order valence-corrected chi connectivity index (χ4v) is 3.80. The maximum atomic E-state index is 11.9. The van der Waals surface area contributed by atoms with Crippen LogP contribution in [0.4, 0.5) is 0 Å². The third-order valence-corrected chi connectivity index (χ3v) is 5.45. The molecular weight excluding hydrogens is 342 g/mol. The van der Waals surface area contributed by atoms with Crippen LogP contribution in [-0.2, 0) is 11.3 Å². The van der Waals surface area contributed by atoms with E-state index in [0.29, 0.717) is 19.7 Å². The van der Waals surface area contributed by atoms with Gasteiger partial charge in [-0.25, -0.2) is 0 Å². The fraction of sp³-hybridized carbons (Fsp3) is 0.667. The number of β-amino-alcohol motifs (C(OH)–C–C–N with tert-alkyl or cyclic N) is 1. The molecule has 1 aromatic carbocycles. The Morgan fingerprint density at radius 3 is 2.59 bits per heavy atom. The van der Waals surface area contributed by atoms with Crippen molar-refractivity contribution in [1.29, 1.82) is 0 Å². The number of hydrogen-bond donors (Lipinski definition) is 1. The van der Waals surface area contributed by atoms with E-state index in [4.69, 9.17) is 4.74 Å². The van der Waals surface area contributed by atoms with Gasteiger partial charge in [0.05, 0.1) is 6.54 Å². The second-order valence-electron chi connectivity index (χ2n) is 7.85. The van der Waals surface area contributed by atoms with Crippen LogP contribution in [0, 0.1) is 0 Å². The summed E-state index contributed by atoms with van der Waals surface area (Å²) in [6.07, 6.45) is 4.58. The van der Waals surface area contributed by atoms with Crippen LogP contribution in [0.3, 0.4) is 0 Å². The first kappa shape index (κ1) is 20.1. The van der Waals surface area contributed by atoms with Crippen LogP contribution in [0.25, 0.3) is 0 Å². The monoisotopic (exact) mass is 375 g/mol. The van der Waals surface area contributed by atoms with Gasteiger partial charge in [0.1, 0.15) is 18.5 Å². The van der Waals surface area contributed by atoms with Crippen molar-refractivity contribution in [2.45, 2.75) is 38.3 Å². The molecule has 3 rings (SSSR count). The van der Waals surface area contributed by atoms with Gasteiger partial charge in [-0.3, -0.25) is 9.69 Å². The average molecular weight is 376 g/mol. The highest BCUT2D eigenvalue weighted by Gasteiger charge is 2.21. The van der Waals surface area contributed by atoms with Crippen LogP contribution in [0.1, 0.15) is 31.2 Å². The molecule has 2 aliphatic heterocycles. The summed E-state index contributed by atoms with van der Waals surface area (Å²) < 4.78 is 5.84. The highest BCUT2D eigenvalue weighted by molar-refractivity contribution is 5.78. The molecule has 1 aromatic rings. The molecule has 2 saturated heterocycles. The van der Waals surface area contributed by atoms with E-state index >= 15 is 0 Å². The van der Waals surface area contributed by atoms with Crippen molar-refractivity contribution < 1.29 is 14.6 Å². The highest BCUT2D eigenvalue weighted by atomic mass is 16.5. The van der Waals surface area contributed by atoms with Gasteiger partial charge in [0.2, 0.25) is 5.91 Å². The Hall–Kier alpha value is -1.63. The van der Waals surface area contributed by atoms with Crippen molar-refractivity contribution in [2.75, 3.05) is 52.9 Å². The zero-order valence-electron chi connectivity index (χ0n) is 16.5. The molecule has 6 nitrogen and oxygen atoms in total. The van der Waals surface area contributed by atoms with E-state index in [9.17, 15) is 9.90 Å². The minimum atomic E-state index is -0.470. The number of carbonyl (C=O) groups is 1. The van der Waals surface area contributed by atoms with Crippen molar-refractivity contribution in [1.82, 2.24) is 14.7 Å². The van der Waals surface area contributed by atoms with Crippen LogP contribution in [-0.4, -0.2) is 84.7 Å². The molecule has 0 radical (unpaired) electrons. The lowest BCUT2D eigenvalue weighted by atomic mass is 10.2. The largest absolute Gasteiger partial charge is 0.491 e. The summed E-state index contributed by atoms with van der Waals surface area (Å²) in [4.78, 5) is 18.1. The third-order valence-electron chi connectivity index (χ3n) is 5.45. The Labute approximate surface area is 162 Å². The van der Waals surface area contributed by atoms with Gasteiger partial charge in [-0.2, -0.15) is 0 Å². The molecule has 0 aliphatic carbocycles. The SMILES string of the molecule is CN1CCN(Cc2cccc(OC[C@@H](O)CN3CCCCCC3)c2)CC1=O. The number of piperazine rings is 1.